The van der Waals surface area contributed by atoms with E-state index in [4.69, 9.17) is 16.6 Å². The van der Waals surface area contributed by atoms with E-state index in [9.17, 15) is 0 Å². The summed E-state index contributed by atoms with van der Waals surface area (Å²) in [6.07, 6.45) is 13.5. The van der Waals surface area contributed by atoms with Gasteiger partial charge >= 0.3 is 0 Å². The second-order valence-electron chi connectivity index (χ2n) is 7.85. The average Bonchev–Trinajstić information content (AvgIpc) is 3.20. The first-order chi connectivity index (χ1) is 14.3. The van der Waals surface area contributed by atoms with Gasteiger partial charge in [0.25, 0.3) is 0 Å². The maximum absolute atomic E-state index is 6.28. The topological polar surface area (TPSA) is 53.6 Å². The molecule has 0 fully saturated rings. The SMILES string of the molecule is Clc1ccc2c(c1)CCc1cccnc1C2CCNCCCCCc1c[nH]cn1. The molecule has 2 N–H and O–H groups in total. The number of unbranched alkanes of at least 4 members (excludes halogenated alkanes) is 2. The molecule has 0 radical (unpaired) electrons. The van der Waals surface area contributed by atoms with Crippen LogP contribution in [0.15, 0.2) is 49.1 Å². The molecule has 0 bridgehead atoms. The average molecular weight is 409 g/mol. The predicted octanol–water partition coefficient (Wildman–Crippen LogP) is 5.08. The highest BCUT2D eigenvalue weighted by molar-refractivity contribution is 6.30. The molecule has 0 spiro atoms. The number of imidazole rings is 1. The molecule has 152 valence electrons. The molecule has 0 saturated carbocycles. The number of hydrogen-bond donors (Lipinski definition) is 2. The minimum absolute atomic E-state index is 0.341. The summed E-state index contributed by atoms with van der Waals surface area (Å²) >= 11 is 6.28. The zero-order valence-corrected chi connectivity index (χ0v) is 17.6. The van der Waals surface area contributed by atoms with E-state index in [-0.39, 0.29) is 0 Å². The van der Waals surface area contributed by atoms with E-state index in [2.05, 4.69) is 39.6 Å². The highest BCUT2D eigenvalue weighted by Crippen LogP contribution is 2.36. The van der Waals surface area contributed by atoms with Crippen molar-refractivity contribution in [3.63, 3.8) is 0 Å². The molecule has 1 unspecified atom stereocenters. The van der Waals surface area contributed by atoms with Crippen LogP contribution >= 0.6 is 11.6 Å². The van der Waals surface area contributed by atoms with Crippen LogP contribution in [0.3, 0.4) is 0 Å². The van der Waals surface area contributed by atoms with Gasteiger partial charge in [-0.25, -0.2) is 4.98 Å². The zero-order valence-electron chi connectivity index (χ0n) is 16.8. The van der Waals surface area contributed by atoms with Crippen LogP contribution in [0.4, 0.5) is 0 Å². The van der Waals surface area contributed by atoms with Gasteiger partial charge in [-0.3, -0.25) is 4.98 Å². The van der Waals surface area contributed by atoms with Gasteiger partial charge in [-0.2, -0.15) is 0 Å². The number of rotatable bonds is 9. The van der Waals surface area contributed by atoms with Crippen molar-refractivity contribution >= 4 is 11.6 Å². The third-order valence-corrected chi connectivity index (χ3v) is 6.09. The molecule has 0 aliphatic heterocycles. The Kier molecular flexibility index (Phi) is 6.96. The molecule has 29 heavy (non-hydrogen) atoms. The number of aromatic amines is 1. The van der Waals surface area contributed by atoms with Gasteiger partial charge in [0, 0.05) is 23.3 Å². The van der Waals surface area contributed by atoms with Crippen molar-refractivity contribution in [2.24, 2.45) is 0 Å². The van der Waals surface area contributed by atoms with Crippen LogP contribution in [0.1, 0.15) is 59.7 Å². The van der Waals surface area contributed by atoms with E-state index in [1.54, 1.807) is 6.33 Å². The van der Waals surface area contributed by atoms with E-state index in [1.165, 1.54) is 41.6 Å². The summed E-state index contributed by atoms with van der Waals surface area (Å²) < 4.78 is 0. The lowest BCUT2D eigenvalue weighted by Crippen LogP contribution is -2.20. The Labute approximate surface area is 178 Å². The Balaban J connectivity index is 1.30. The summed E-state index contributed by atoms with van der Waals surface area (Å²) in [5.74, 6) is 0.341. The van der Waals surface area contributed by atoms with Crippen LogP contribution in [-0.2, 0) is 19.3 Å². The number of pyridine rings is 1. The van der Waals surface area contributed by atoms with Gasteiger partial charge in [-0.05, 0) is 86.5 Å². The molecule has 1 atom stereocenters. The first-order valence-electron chi connectivity index (χ1n) is 10.7. The molecular formula is C24H29ClN4. The Bertz CT molecular complexity index is 907. The molecule has 1 aliphatic rings. The van der Waals surface area contributed by atoms with Gasteiger partial charge in [-0.1, -0.05) is 30.2 Å². The smallest absolute Gasteiger partial charge is 0.0923 e. The number of H-pyrrole nitrogens is 1. The molecule has 1 aromatic carbocycles. The van der Waals surface area contributed by atoms with Crippen LogP contribution < -0.4 is 5.32 Å². The zero-order chi connectivity index (χ0) is 19.9. The quantitative estimate of drug-likeness (QED) is 0.485. The molecule has 5 heteroatoms. The van der Waals surface area contributed by atoms with Gasteiger partial charge in [0.15, 0.2) is 0 Å². The van der Waals surface area contributed by atoms with Crippen LogP contribution in [0.25, 0.3) is 0 Å². The van der Waals surface area contributed by atoms with E-state index >= 15 is 0 Å². The summed E-state index contributed by atoms with van der Waals surface area (Å²) in [6.45, 7) is 2.07. The van der Waals surface area contributed by atoms with Crippen LogP contribution in [0.2, 0.25) is 5.02 Å². The summed E-state index contributed by atoms with van der Waals surface area (Å²) in [6, 6.07) is 10.7. The largest absolute Gasteiger partial charge is 0.351 e. The van der Waals surface area contributed by atoms with Crippen molar-refractivity contribution in [3.8, 4) is 0 Å². The second kappa shape index (κ2) is 10.0. The van der Waals surface area contributed by atoms with E-state index in [1.807, 2.05) is 18.5 Å². The van der Waals surface area contributed by atoms with Crippen LogP contribution in [0.5, 0.6) is 0 Å². The van der Waals surface area contributed by atoms with Crippen molar-refractivity contribution in [1.82, 2.24) is 20.3 Å². The van der Waals surface area contributed by atoms with Crippen LogP contribution in [0, 0.1) is 0 Å². The highest BCUT2D eigenvalue weighted by atomic mass is 35.5. The maximum Gasteiger partial charge on any atom is 0.0923 e. The number of hydrogen-bond acceptors (Lipinski definition) is 3. The van der Waals surface area contributed by atoms with E-state index in [0.29, 0.717) is 5.92 Å². The fraction of sp³-hybridized carbons (Fsp3) is 0.417. The number of aromatic nitrogens is 3. The summed E-state index contributed by atoms with van der Waals surface area (Å²) in [5.41, 5.74) is 6.56. The minimum Gasteiger partial charge on any atom is -0.351 e. The number of nitrogens with one attached hydrogen (secondary N) is 2. The number of halogens is 1. The van der Waals surface area contributed by atoms with Gasteiger partial charge < -0.3 is 10.3 Å². The van der Waals surface area contributed by atoms with E-state index in [0.717, 1.165) is 49.5 Å². The van der Waals surface area contributed by atoms with Crippen molar-refractivity contribution in [3.05, 3.63) is 82.2 Å². The third kappa shape index (κ3) is 5.26. The van der Waals surface area contributed by atoms with Crippen molar-refractivity contribution in [1.29, 1.82) is 0 Å². The lowest BCUT2D eigenvalue weighted by atomic mass is 9.89. The number of fused-ring (bicyclic) bond motifs is 2. The molecule has 2 aromatic heterocycles. The standard InChI is InChI=1S/C24H29ClN4/c25-20-9-10-22-19(15-20)8-7-18-5-4-13-28-24(18)23(22)11-14-26-12-3-1-2-6-21-16-27-17-29-21/h4-5,9-10,13,15-17,23,26H,1-3,6-8,11-12,14H2,(H,27,29). The second-order valence-corrected chi connectivity index (χ2v) is 8.29. The number of nitrogens with zero attached hydrogens (tertiary/aromatic N) is 2. The Morgan fingerprint density at radius 2 is 1.97 bits per heavy atom. The third-order valence-electron chi connectivity index (χ3n) is 5.85. The van der Waals surface area contributed by atoms with Gasteiger partial charge in [0.05, 0.1) is 17.7 Å². The normalized spacial score (nSPS) is 15.6. The lowest BCUT2D eigenvalue weighted by molar-refractivity contribution is 0.566. The lowest BCUT2D eigenvalue weighted by Gasteiger charge is -2.20. The number of benzene rings is 1. The fourth-order valence-electron chi connectivity index (χ4n) is 4.35. The summed E-state index contributed by atoms with van der Waals surface area (Å²) in [4.78, 5) is 12.1. The Morgan fingerprint density at radius 1 is 1.03 bits per heavy atom. The maximum atomic E-state index is 6.28. The van der Waals surface area contributed by atoms with Crippen molar-refractivity contribution in [2.75, 3.05) is 13.1 Å². The Morgan fingerprint density at radius 3 is 2.86 bits per heavy atom. The molecule has 3 aromatic rings. The van der Waals surface area contributed by atoms with Gasteiger partial charge in [0.2, 0.25) is 0 Å². The van der Waals surface area contributed by atoms with Gasteiger partial charge in [-0.15, -0.1) is 0 Å². The number of aryl methyl sites for hydroxylation is 3. The van der Waals surface area contributed by atoms with Gasteiger partial charge in [0.1, 0.15) is 0 Å². The van der Waals surface area contributed by atoms with E-state index < -0.39 is 0 Å². The Hall–Kier alpha value is -2.17. The summed E-state index contributed by atoms with van der Waals surface area (Å²) in [7, 11) is 0. The molecule has 0 amide bonds. The highest BCUT2D eigenvalue weighted by Gasteiger charge is 2.24. The molecule has 2 heterocycles. The predicted molar refractivity (Wildman–Crippen MR) is 119 cm³/mol. The molecule has 4 rings (SSSR count). The minimum atomic E-state index is 0.341. The van der Waals surface area contributed by atoms with Crippen molar-refractivity contribution < 1.29 is 0 Å². The monoisotopic (exact) mass is 408 g/mol. The fourth-order valence-corrected chi connectivity index (χ4v) is 4.54. The molecule has 4 nitrogen and oxygen atoms in total. The summed E-state index contributed by atoms with van der Waals surface area (Å²) in [5, 5.41) is 4.47. The van der Waals surface area contributed by atoms with Crippen LogP contribution in [-0.4, -0.2) is 28.0 Å². The first kappa shape index (κ1) is 20.1. The molecule has 0 saturated heterocycles. The first-order valence-corrected chi connectivity index (χ1v) is 11.1. The molecular weight excluding hydrogens is 380 g/mol. The van der Waals surface area contributed by atoms with Crippen molar-refractivity contribution in [2.45, 2.75) is 50.9 Å². The molecule has 1 aliphatic carbocycles.